The average Bonchev–Trinajstić information content (AvgIpc) is 2.27. The van der Waals surface area contributed by atoms with Crippen molar-refractivity contribution in [2.45, 2.75) is 0 Å². The van der Waals surface area contributed by atoms with E-state index < -0.39 is 19.5 Å². The molecular weight excluding hydrogens is 415 g/mol. The second-order valence-corrected chi connectivity index (χ2v) is 10.2. The van der Waals surface area contributed by atoms with Crippen LogP contribution in [0.4, 0.5) is 16.9 Å². The van der Waals surface area contributed by atoms with Gasteiger partial charge in [-0.3, -0.25) is 0 Å². The van der Waals surface area contributed by atoms with E-state index in [2.05, 4.69) is 35.1 Å². The van der Waals surface area contributed by atoms with Crippen LogP contribution in [-0.4, -0.2) is 19.5 Å². The van der Waals surface area contributed by atoms with Gasteiger partial charge in [0.05, 0.1) is 0 Å². The Bertz CT molecular complexity index is 489. The third kappa shape index (κ3) is 12.2. The molecule has 0 aromatic heterocycles. The van der Waals surface area contributed by atoms with E-state index in [1.165, 1.54) is 10.0 Å². The first-order valence-electron chi connectivity index (χ1n) is 5.21. The first kappa shape index (κ1) is 17.2. The topological polar surface area (TPSA) is 0 Å². The molecule has 0 aliphatic carbocycles. The van der Waals surface area contributed by atoms with Crippen LogP contribution in [0.1, 0.15) is 0 Å². The molecule has 2 aromatic rings. The molecule has 0 unspecified atom stereocenters. The number of hydrogen-bond donors (Lipinski definition) is 0. The monoisotopic (exact) mass is 424 g/mol. The first-order chi connectivity index (χ1) is 8.90. The van der Waals surface area contributed by atoms with Crippen molar-refractivity contribution in [3.05, 3.63) is 70.7 Å². The maximum Gasteiger partial charge on any atom is 0.235 e. The number of rotatable bonds is 2. The Kier molecular flexibility index (Phi) is 4.71. The molecule has 0 atom stereocenters. The summed E-state index contributed by atoms with van der Waals surface area (Å²) in [6.45, 7) is 0. The Morgan fingerprint density at radius 1 is 0.550 bits per heavy atom. The second kappa shape index (κ2) is 5.49. The standard InChI is InChI=1S/C12H10Cl.6FH.Sb/c1-3-7-11(8-4-1)13-12-9-5-2-6-10-12;;;;;;;/h1-10H;6*1H;/q+1;;;;;;;+5/p-6. The van der Waals surface area contributed by atoms with E-state index in [1.54, 1.807) is 0 Å². The predicted molar refractivity (Wildman–Crippen MR) is 63.6 cm³/mol. The summed E-state index contributed by atoms with van der Waals surface area (Å²) in [5, 5.41) is 2.46. The van der Waals surface area contributed by atoms with Gasteiger partial charge in [0.2, 0.25) is 20.8 Å². The van der Waals surface area contributed by atoms with Crippen molar-refractivity contribution in [3.63, 3.8) is 0 Å². The van der Waals surface area contributed by atoms with Gasteiger partial charge in [0, 0.05) is 24.3 Å². The predicted octanol–water partition coefficient (Wildman–Crippen LogP) is 5.44. The van der Waals surface area contributed by atoms with Gasteiger partial charge < -0.3 is 0 Å². The molecule has 0 bridgehead atoms. The second-order valence-electron chi connectivity index (χ2n) is 3.64. The van der Waals surface area contributed by atoms with E-state index in [4.69, 9.17) is 0 Å². The Labute approximate surface area is 118 Å². The zero-order valence-corrected chi connectivity index (χ0v) is 13.2. The van der Waals surface area contributed by atoms with Crippen LogP contribution in [-0.2, 0) is 0 Å². The maximum absolute atomic E-state index is 11.2. The first-order valence-corrected chi connectivity index (χ1v) is 11.8. The normalized spacial score (nSPS) is 14.5. The molecule has 0 aliphatic heterocycles. The molecule has 2 aromatic carbocycles. The molecule has 0 saturated heterocycles. The van der Waals surface area contributed by atoms with Gasteiger partial charge >= 0.3 is 36.4 Å². The number of halogens is 7. The Morgan fingerprint density at radius 2 is 0.800 bits per heavy atom. The van der Waals surface area contributed by atoms with Crippen molar-refractivity contribution in [1.82, 2.24) is 0 Å². The van der Waals surface area contributed by atoms with Crippen molar-refractivity contribution < 1.29 is 27.7 Å². The molecule has 2 rings (SSSR count). The SMILES string of the molecule is [F][Sb-]([F])([F])([F])([F])[F].c1ccc([Cl+]c2ccccc2)cc1. The molecular formula is C12H10ClF6Sb. The summed E-state index contributed by atoms with van der Waals surface area (Å²) in [4.78, 5) is 0. The molecule has 0 radical (unpaired) electrons. The van der Waals surface area contributed by atoms with Gasteiger partial charge in [-0.25, -0.2) is 0 Å². The van der Waals surface area contributed by atoms with Crippen LogP contribution in [0.2, 0.25) is 10.0 Å². The molecule has 8 heteroatoms. The minimum absolute atomic E-state index is 1.23. The fourth-order valence-corrected chi connectivity index (χ4v) is 1.88. The fraction of sp³-hybridized carbons (Fsp3) is 0. The summed E-state index contributed by atoms with van der Waals surface area (Å²) >= 11 is -11.2. The minimum atomic E-state index is -11.2. The molecule has 0 amide bonds. The van der Waals surface area contributed by atoms with E-state index in [0.29, 0.717) is 0 Å². The van der Waals surface area contributed by atoms with E-state index in [9.17, 15) is 16.9 Å². The summed E-state index contributed by atoms with van der Waals surface area (Å²) in [6, 6.07) is 20.6. The summed E-state index contributed by atoms with van der Waals surface area (Å²) < 4.78 is 59.6. The van der Waals surface area contributed by atoms with Crippen molar-refractivity contribution in [1.29, 1.82) is 0 Å². The van der Waals surface area contributed by atoms with Crippen molar-refractivity contribution in [2.24, 2.45) is 0 Å². The van der Waals surface area contributed by atoms with Crippen molar-refractivity contribution >= 4 is 19.5 Å². The van der Waals surface area contributed by atoms with Crippen LogP contribution < -0.4 is 0 Å². The zero-order valence-electron chi connectivity index (χ0n) is 9.87. The summed E-state index contributed by atoms with van der Waals surface area (Å²) in [5.74, 6) is 0. The van der Waals surface area contributed by atoms with Crippen LogP contribution in [0.3, 0.4) is 0 Å². The minimum Gasteiger partial charge on any atom is -0.0619 e. The van der Waals surface area contributed by atoms with Crippen molar-refractivity contribution in [3.8, 4) is 0 Å². The molecule has 0 aliphatic rings. The quantitative estimate of drug-likeness (QED) is 0.444. The molecule has 0 heterocycles. The smallest absolute Gasteiger partial charge is 0.0619 e. The van der Waals surface area contributed by atoms with E-state index >= 15 is 0 Å². The molecule has 0 fully saturated rings. The summed E-state index contributed by atoms with van der Waals surface area (Å²) in [5.41, 5.74) is 0. The third-order valence-corrected chi connectivity index (χ3v) is 2.62. The summed E-state index contributed by atoms with van der Waals surface area (Å²) in [7, 11) is 2.29. The molecule has 0 nitrogen and oxygen atoms in total. The van der Waals surface area contributed by atoms with Crippen LogP contribution in [0.15, 0.2) is 60.7 Å². The largest absolute Gasteiger partial charge is 0.235 e. The van der Waals surface area contributed by atoms with Gasteiger partial charge in [0.25, 0.3) is 0 Å². The van der Waals surface area contributed by atoms with Crippen molar-refractivity contribution in [2.75, 3.05) is 0 Å². The van der Waals surface area contributed by atoms with Gasteiger partial charge in [0.1, 0.15) is 0 Å². The molecule has 0 N–H and O–H groups in total. The zero-order chi connectivity index (χ0) is 15.3. The fourth-order valence-electron chi connectivity index (χ4n) is 1.08. The average molecular weight is 425 g/mol. The van der Waals surface area contributed by atoms with Gasteiger partial charge in [-0.1, -0.05) is 36.4 Å². The Hall–Kier alpha value is -0.872. The molecule has 112 valence electrons. The Balaban J connectivity index is 0.000000246. The van der Waals surface area contributed by atoms with Gasteiger partial charge in [0.15, 0.2) is 0 Å². The van der Waals surface area contributed by atoms with Crippen LogP contribution in [0, 0.1) is 10.8 Å². The van der Waals surface area contributed by atoms with E-state index in [1.807, 2.05) is 36.4 Å². The molecule has 0 saturated carbocycles. The summed E-state index contributed by atoms with van der Waals surface area (Å²) in [6.07, 6.45) is 0. The van der Waals surface area contributed by atoms with Crippen LogP contribution >= 0.6 is 0 Å². The molecule has 0 spiro atoms. The third-order valence-electron chi connectivity index (χ3n) is 1.68. The van der Waals surface area contributed by atoms with Gasteiger partial charge in [-0.15, -0.1) is 0 Å². The van der Waals surface area contributed by atoms with Gasteiger partial charge in [-0.2, -0.15) is 0 Å². The maximum atomic E-state index is 9.93. The van der Waals surface area contributed by atoms with E-state index in [-0.39, 0.29) is 0 Å². The van der Waals surface area contributed by atoms with Crippen LogP contribution in [0.5, 0.6) is 0 Å². The number of hydrogen-bond acceptors (Lipinski definition) is 0. The van der Waals surface area contributed by atoms with E-state index in [0.717, 1.165) is 0 Å². The van der Waals surface area contributed by atoms with Crippen LogP contribution in [0.25, 0.3) is 0 Å². The molecule has 20 heavy (non-hydrogen) atoms. The Morgan fingerprint density at radius 3 is 1.05 bits per heavy atom. The van der Waals surface area contributed by atoms with Gasteiger partial charge in [-0.05, 0) is 0 Å². The number of benzene rings is 2.